The third-order valence-electron chi connectivity index (χ3n) is 3.57. The van der Waals surface area contributed by atoms with Crippen molar-refractivity contribution in [2.24, 2.45) is 5.73 Å². The van der Waals surface area contributed by atoms with E-state index in [0.717, 1.165) is 22.2 Å². The minimum atomic E-state index is -0.590. The highest BCUT2D eigenvalue weighted by Gasteiger charge is 2.07. The molecule has 0 saturated heterocycles. The van der Waals surface area contributed by atoms with Gasteiger partial charge in [0.15, 0.2) is 0 Å². The van der Waals surface area contributed by atoms with Crippen molar-refractivity contribution >= 4 is 28.3 Å². The molecule has 3 aromatic rings. The first-order valence-corrected chi connectivity index (χ1v) is 7.49. The molecule has 0 fully saturated rings. The predicted molar refractivity (Wildman–Crippen MR) is 95.3 cm³/mol. The number of ether oxygens (including phenoxy) is 1. The molecule has 24 heavy (non-hydrogen) atoms. The highest BCUT2D eigenvalue weighted by Crippen LogP contribution is 2.23. The molecule has 0 atom stereocenters. The van der Waals surface area contributed by atoms with Gasteiger partial charge in [0.2, 0.25) is 5.88 Å². The number of rotatable bonds is 5. The molecule has 2 aromatic carbocycles. The number of urea groups is 1. The van der Waals surface area contributed by atoms with E-state index in [2.05, 4.69) is 21.7 Å². The first kappa shape index (κ1) is 15.6. The van der Waals surface area contributed by atoms with Crippen LogP contribution < -0.4 is 21.1 Å². The average molecular weight is 322 g/mol. The highest BCUT2D eigenvalue weighted by atomic mass is 16.5. The van der Waals surface area contributed by atoms with Gasteiger partial charge in [0, 0.05) is 28.9 Å². The van der Waals surface area contributed by atoms with Crippen LogP contribution in [0.25, 0.3) is 10.9 Å². The van der Waals surface area contributed by atoms with E-state index >= 15 is 0 Å². The summed E-state index contributed by atoms with van der Waals surface area (Å²) in [6.07, 6.45) is 0. The Bertz CT molecular complexity index is 880. The fourth-order valence-electron chi connectivity index (χ4n) is 2.49. The van der Waals surface area contributed by atoms with Crippen LogP contribution in [0.5, 0.6) is 5.88 Å². The second-order valence-electron chi connectivity index (χ2n) is 5.27. The summed E-state index contributed by atoms with van der Waals surface area (Å²) in [6.45, 7) is 0.543. The molecule has 0 unspecified atom stereocenters. The normalized spacial score (nSPS) is 10.4. The minimum absolute atomic E-state index is 0.543. The van der Waals surface area contributed by atoms with Gasteiger partial charge in [0.05, 0.1) is 12.6 Å². The number of amides is 2. The van der Waals surface area contributed by atoms with E-state index in [0.29, 0.717) is 18.1 Å². The molecule has 0 spiro atoms. The summed E-state index contributed by atoms with van der Waals surface area (Å²) in [4.78, 5) is 15.5. The molecule has 3 rings (SSSR count). The summed E-state index contributed by atoms with van der Waals surface area (Å²) in [6, 6.07) is 16.7. The number of nitrogens with one attached hydrogen (secondary N) is 2. The Morgan fingerprint density at radius 1 is 1.12 bits per heavy atom. The van der Waals surface area contributed by atoms with Gasteiger partial charge >= 0.3 is 6.03 Å². The van der Waals surface area contributed by atoms with Crippen LogP contribution in [0.15, 0.2) is 54.6 Å². The van der Waals surface area contributed by atoms with Gasteiger partial charge in [-0.25, -0.2) is 9.78 Å². The lowest BCUT2D eigenvalue weighted by Gasteiger charge is -2.12. The van der Waals surface area contributed by atoms with Gasteiger partial charge in [-0.2, -0.15) is 0 Å². The Hall–Kier alpha value is -3.28. The van der Waals surface area contributed by atoms with Crippen molar-refractivity contribution in [2.75, 3.05) is 17.7 Å². The van der Waals surface area contributed by atoms with Gasteiger partial charge in [-0.3, -0.25) is 0 Å². The molecule has 0 aliphatic heterocycles. The van der Waals surface area contributed by atoms with Gasteiger partial charge in [-0.05, 0) is 30.3 Å². The monoisotopic (exact) mass is 322 g/mol. The lowest BCUT2D eigenvalue weighted by Crippen LogP contribution is -2.19. The number of hydrogen-bond donors (Lipinski definition) is 3. The quantitative estimate of drug-likeness (QED) is 0.672. The van der Waals surface area contributed by atoms with Gasteiger partial charge in [0.1, 0.15) is 0 Å². The van der Waals surface area contributed by atoms with Crippen molar-refractivity contribution in [1.82, 2.24) is 4.98 Å². The Kier molecular flexibility index (Phi) is 4.47. The van der Waals surface area contributed by atoms with Gasteiger partial charge in [-0.15, -0.1) is 0 Å². The molecule has 1 heterocycles. The van der Waals surface area contributed by atoms with E-state index in [4.69, 9.17) is 10.5 Å². The number of primary amides is 1. The van der Waals surface area contributed by atoms with Crippen LogP contribution in [-0.4, -0.2) is 18.1 Å². The second kappa shape index (κ2) is 6.87. The van der Waals surface area contributed by atoms with Gasteiger partial charge in [-0.1, -0.05) is 24.3 Å². The van der Waals surface area contributed by atoms with Gasteiger partial charge < -0.3 is 21.1 Å². The van der Waals surface area contributed by atoms with Crippen molar-refractivity contribution in [3.63, 3.8) is 0 Å². The summed E-state index contributed by atoms with van der Waals surface area (Å²) >= 11 is 0. The lowest BCUT2D eigenvalue weighted by atomic mass is 10.1. The number of methoxy groups -OCH3 is 1. The molecule has 1 aromatic heterocycles. The second-order valence-corrected chi connectivity index (χ2v) is 5.27. The molecule has 0 bridgehead atoms. The van der Waals surface area contributed by atoms with Crippen molar-refractivity contribution in [2.45, 2.75) is 6.54 Å². The number of anilines is 2. The van der Waals surface area contributed by atoms with Crippen molar-refractivity contribution in [3.8, 4) is 5.88 Å². The summed E-state index contributed by atoms with van der Waals surface area (Å²) in [7, 11) is 1.61. The van der Waals surface area contributed by atoms with E-state index in [1.165, 1.54) is 0 Å². The minimum Gasteiger partial charge on any atom is -0.481 e. The fraction of sp³-hybridized carbons (Fsp3) is 0.111. The van der Waals surface area contributed by atoms with Crippen LogP contribution in [0.4, 0.5) is 16.2 Å². The number of nitrogens with zero attached hydrogens (tertiary/aromatic N) is 1. The van der Waals surface area contributed by atoms with Crippen LogP contribution in [-0.2, 0) is 6.54 Å². The number of pyridine rings is 1. The van der Waals surface area contributed by atoms with E-state index in [1.807, 2.05) is 42.5 Å². The summed E-state index contributed by atoms with van der Waals surface area (Å²) in [5.41, 5.74) is 8.47. The maximum Gasteiger partial charge on any atom is 0.316 e. The molecule has 6 nitrogen and oxygen atoms in total. The molecule has 122 valence electrons. The largest absolute Gasteiger partial charge is 0.481 e. The third kappa shape index (κ3) is 3.55. The van der Waals surface area contributed by atoms with Crippen LogP contribution in [0, 0.1) is 0 Å². The maximum absolute atomic E-state index is 10.9. The highest BCUT2D eigenvalue weighted by molar-refractivity contribution is 5.88. The van der Waals surface area contributed by atoms with E-state index < -0.39 is 6.03 Å². The Balaban J connectivity index is 1.81. The predicted octanol–water partition coefficient (Wildman–Crippen LogP) is 3.35. The standard InChI is InChI=1S/C18H18N4O2/c1-24-17-13(9-12-5-2-3-8-16(12)22-17)11-20-14-6-4-7-15(10-14)21-18(19)23/h2-10,20H,11H2,1H3,(H3,19,21,23). The van der Waals surface area contributed by atoms with E-state index in [9.17, 15) is 4.79 Å². The average Bonchev–Trinajstić information content (AvgIpc) is 2.59. The van der Waals surface area contributed by atoms with E-state index in [1.54, 1.807) is 13.2 Å². The summed E-state index contributed by atoms with van der Waals surface area (Å²) in [5, 5.41) is 6.91. The fourth-order valence-corrected chi connectivity index (χ4v) is 2.49. The van der Waals surface area contributed by atoms with Crippen LogP contribution in [0.3, 0.4) is 0 Å². The molecule has 2 amide bonds. The molecule has 6 heteroatoms. The van der Waals surface area contributed by atoms with Crippen LogP contribution >= 0.6 is 0 Å². The SMILES string of the molecule is COc1nc2ccccc2cc1CNc1cccc(NC(N)=O)c1. The molecular weight excluding hydrogens is 304 g/mol. The molecule has 0 aliphatic rings. The number of benzene rings is 2. The van der Waals surface area contributed by atoms with Crippen molar-refractivity contribution in [3.05, 3.63) is 60.2 Å². The van der Waals surface area contributed by atoms with Crippen LogP contribution in [0.2, 0.25) is 0 Å². The third-order valence-corrected chi connectivity index (χ3v) is 3.57. The Labute approximate surface area is 139 Å². The topological polar surface area (TPSA) is 89.3 Å². The molecule has 0 radical (unpaired) electrons. The van der Waals surface area contributed by atoms with Crippen molar-refractivity contribution in [1.29, 1.82) is 0 Å². The number of aromatic nitrogens is 1. The zero-order valence-electron chi connectivity index (χ0n) is 13.2. The number of carbonyl (C=O) groups is 1. The zero-order valence-corrected chi connectivity index (χ0v) is 13.2. The van der Waals surface area contributed by atoms with Crippen molar-refractivity contribution < 1.29 is 9.53 Å². The summed E-state index contributed by atoms with van der Waals surface area (Å²) in [5.74, 6) is 0.590. The Morgan fingerprint density at radius 3 is 2.71 bits per heavy atom. The van der Waals surface area contributed by atoms with Crippen LogP contribution in [0.1, 0.15) is 5.56 Å². The zero-order chi connectivity index (χ0) is 16.9. The number of hydrogen-bond acceptors (Lipinski definition) is 4. The molecule has 0 aliphatic carbocycles. The maximum atomic E-state index is 10.9. The Morgan fingerprint density at radius 2 is 1.92 bits per heavy atom. The van der Waals surface area contributed by atoms with E-state index in [-0.39, 0.29) is 0 Å². The molecular formula is C18H18N4O2. The number of fused-ring (bicyclic) bond motifs is 1. The first-order valence-electron chi connectivity index (χ1n) is 7.49. The van der Waals surface area contributed by atoms with Gasteiger partial charge in [0.25, 0.3) is 0 Å². The number of para-hydroxylation sites is 1. The number of nitrogens with two attached hydrogens (primary N) is 1. The first-order chi connectivity index (χ1) is 11.7. The molecule has 0 saturated carbocycles. The smallest absolute Gasteiger partial charge is 0.316 e. The summed E-state index contributed by atoms with van der Waals surface area (Å²) < 4.78 is 5.39. The molecule has 4 N–H and O–H groups in total. The lowest BCUT2D eigenvalue weighted by molar-refractivity contribution is 0.259. The number of carbonyl (C=O) groups excluding carboxylic acids is 1.